The van der Waals surface area contributed by atoms with Crippen molar-refractivity contribution in [1.82, 2.24) is 0 Å². The van der Waals surface area contributed by atoms with Gasteiger partial charge in [-0.05, 0) is 112 Å². The van der Waals surface area contributed by atoms with Gasteiger partial charge in [-0.15, -0.1) is 0 Å². The third-order valence-electron chi connectivity index (χ3n) is 13.1. The van der Waals surface area contributed by atoms with Gasteiger partial charge in [0.15, 0.2) is 0 Å². The molecule has 1 aliphatic carbocycles. The molecule has 292 valence electrons. The third kappa shape index (κ3) is 6.03. The maximum Gasteiger partial charge on any atom is 0.136 e. The zero-order chi connectivity index (χ0) is 40.3. The van der Waals surface area contributed by atoms with Crippen LogP contribution in [-0.4, -0.2) is 0 Å². The number of hydrogen-bond acceptors (Lipinski definition) is 3. The van der Waals surface area contributed by atoms with Crippen LogP contribution in [0.5, 0.6) is 0 Å². The Balaban J connectivity index is 1.07. The van der Waals surface area contributed by atoms with Crippen LogP contribution in [0, 0.1) is 0 Å². The Bertz CT molecular complexity index is 3410. The highest BCUT2D eigenvalue weighted by molar-refractivity contribution is 6.13. The number of rotatable bonds is 7. The fourth-order valence-electron chi connectivity index (χ4n) is 10.3. The van der Waals surface area contributed by atoms with Crippen LogP contribution in [-0.2, 0) is 0 Å². The van der Waals surface area contributed by atoms with Crippen molar-refractivity contribution in [1.29, 1.82) is 0 Å². The summed E-state index contributed by atoms with van der Waals surface area (Å²) in [5.41, 5.74) is 15.4. The number of furan rings is 2. The lowest BCUT2D eigenvalue weighted by Gasteiger charge is -2.31. The molecule has 0 amide bonds. The van der Waals surface area contributed by atoms with Crippen molar-refractivity contribution in [3.05, 3.63) is 200 Å². The largest absolute Gasteiger partial charge is 0.456 e. The lowest BCUT2D eigenvalue weighted by atomic mass is 9.80. The van der Waals surface area contributed by atoms with E-state index in [1.165, 1.54) is 59.6 Å². The molecule has 2 heterocycles. The molecule has 12 rings (SSSR count). The lowest BCUT2D eigenvalue weighted by molar-refractivity contribution is 0.445. The van der Waals surface area contributed by atoms with Crippen LogP contribution in [0.15, 0.2) is 203 Å². The predicted octanol–water partition coefficient (Wildman–Crippen LogP) is 17.2. The molecule has 1 aliphatic rings. The van der Waals surface area contributed by atoms with Gasteiger partial charge < -0.3 is 13.7 Å². The van der Waals surface area contributed by atoms with E-state index in [9.17, 15) is 0 Å². The minimum Gasteiger partial charge on any atom is -0.456 e. The van der Waals surface area contributed by atoms with E-state index in [1.54, 1.807) is 0 Å². The maximum absolute atomic E-state index is 6.45. The highest BCUT2D eigenvalue weighted by Crippen LogP contribution is 2.48. The van der Waals surface area contributed by atoms with Crippen LogP contribution >= 0.6 is 0 Å². The van der Waals surface area contributed by atoms with E-state index in [0.29, 0.717) is 5.92 Å². The van der Waals surface area contributed by atoms with Gasteiger partial charge in [0.05, 0.1) is 11.4 Å². The van der Waals surface area contributed by atoms with E-state index in [0.717, 1.165) is 83.2 Å². The maximum atomic E-state index is 6.45. The standard InChI is InChI=1S/C58H43NO2/c1-2-15-38(16-3-1)44-23-12-17-40-18-13-25-49(57(40)44)46-20-5-9-27-52(46)59(42-34-31-39(32-35-42)45-24-14-30-55-58(45)50-22-7-11-29-54(50)60-55)51-26-8-4-19-43(51)41-33-36-48-47-21-6-10-28-53(47)61-56(48)37-41/h4-14,17-38H,1-3,15-16H2. The van der Waals surface area contributed by atoms with Gasteiger partial charge in [0, 0.05) is 38.4 Å². The molecule has 1 saturated carbocycles. The predicted molar refractivity (Wildman–Crippen MR) is 255 cm³/mol. The zero-order valence-electron chi connectivity index (χ0n) is 33.9. The number of para-hydroxylation sites is 4. The summed E-state index contributed by atoms with van der Waals surface area (Å²) in [4.78, 5) is 2.47. The zero-order valence-corrected chi connectivity index (χ0v) is 33.9. The minimum atomic E-state index is 0.570. The summed E-state index contributed by atoms with van der Waals surface area (Å²) in [6, 6.07) is 70.4. The first-order valence-corrected chi connectivity index (χ1v) is 21.7. The monoisotopic (exact) mass is 785 g/mol. The van der Waals surface area contributed by atoms with Gasteiger partial charge in [-0.1, -0.05) is 159 Å². The molecule has 3 nitrogen and oxygen atoms in total. The van der Waals surface area contributed by atoms with Crippen molar-refractivity contribution in [3.63, 3.8) is 0 Å². The summed E-state index contributed by atoms with van der Waals surface area (Å²) in [6.45, 7) is 0. The molecule has 0 spiro atoms. The number of benzene rings is 9. The smallest absolute Gasteiger partial charge is 0.136 e. The van der Waals surface area contributed by atoms with E-state index < -0.39 is 0 Å². The van der Waals surface area contributed by atoms with E-state index >= 15 is 0 Å². The summed E-state index contributed by atoms with van der Waals surface area (Å²) in [6.07, 6.45) is 6.43. The second kappa shape index (κ2) is 14.7. The average molecular weight is 786 g/mol. The number of hydrogen-bond donors (Lipinski definition) is 0. The van der Waals surface area contributed by atoms with Gasteiger partial charge in [-0.2, -0.15) is 0 Å². The molecule has 0 atom stereocenters. The van der Waals surface area contributed by atoms with Crippen LogP contribution in [0.4, 0.5) is 17.1 Å². The molecule has 9 aromatic carbocycles. The Labute approximate surface area is 355 Å². The Morgan fingerprint density at radius 2 is 0.951 bits per heavy atom. The van der Waals surface area contributed by atoms with Crippen LogP contribution in [0.3, 0.4) is 0 Å². The molecule has 1 fully saturated rings. The molecule has 0 saturated heterocycles. The Morgan fingerprint density at radius 3 is 1.77 bits per heavy atom. The summed E-state index contributed by atoms with van der Waals surface area (Å²) < 4.78 is 12.8. The number of nitrogens with zero attached hydrogens (tertiary/aromatic N) is 1. The fourth-order valence-corrected chi connectivity index (χ4v) is 10.3. The Hall–Kier alpha value is -7.36. The number of anilines is 3. The molecule has 2 aromatic heterocycles. The summed E-state index contributed by atoms with van der Waals surface area (Å²) in [7, 11) is 0. The van der Waals surface area contributed by atoms with Crippen molar-refractivity contribution in [2.75, 3.05) is 4.90 Å². The first kappa shape index (κ1) is 35.6. The Kier molecular flexibility index (Phi) is 8.59. The van der Waals surface area contributed by atoms with Crippen molar-refractivity contribution < 1.29 is 8.83 Å². The summed E-state index contributed by atoms with van der Waals surface area (Å²) >= 11 is 0. The SMILES string of the molecule is c1ccc(N(c2ccc(-c3cccc4oc5ccccc5c34)cc2)c2ccccc2-c2cccc3cccc(C4CCCCC4)c23)c(-c2ccc3c(c2)oc2ccccc23)c1. The quantitative estimate of drug-likeness (QED) is 0.161. The molecular weight excluding hydrogens is 743 g/mol. The topological polar surface area (TPSA) is 29.5 Å². The van der Waals surface area contributed by atoms with Gasteiger partial charge in [0.1, 0.15) is 22.3 Å². The third-order valence-corrected chi connectivity index (χ3v) is 13.1. The second-order valence-electron chi connectivity index (χ2n) is 16.6. The van der Waals surface area contributed by atoms with Crippen molar-refractivity contribution >= 4 is 71.7 Å². The normalized spacial score (nSPS) is 13.5. The molecule has 3 heteroatoms. The lowest BCUT2D eigenvalue weighted by Crippen LogP contribution is -2.12. The van der Waals surface area contributed by atoms with Crippen LogP contribution < -0.4 is 4.90 Å². The molecule has 0 radical (unpaired) electrons. The average Bonchev–Trinajstić information content (AvgIpc) is 3.90. The molecule has 0 aliphatic heterocycles. The minimum absolute atomic E-state index is 0.570. The first-order chi connectivity index (χ1) is 30.3. The summed E-state index contributed by atoms with van der Waals surface area (Å²) in [5, 5.41) is 7.21. The number of fused-ring (bicyclic) bond motifs is 7. The van der Waals surface area contributed by atoms with E-state index in [-0.39, 0.29) is 0 Å². The van der Waals surface area contributed by atoms with Crippen molar-refractivity contribution in [2.24, 2.45) is 0 Å². The van der Waals surface area contributed by atoms with Gasteiger partial charge >= 0.3 is 0 Å². The first-order valence-electron chi connectivity index (χ1n) is 21.7. The molecular formula is C58H43NO2. The second-order valence-corrected chi connectivity index (χ2v) is 16.6. The highest BCUT2D eigenvalue weighted by atomic mass is 16.3. The van der Waals surface area contributed by atoms with E-state index in [4.69, 9.17) is 8.83 Å². The highest BCUT2D eigenvalue weighted by Gasteiger charge is 2.24. The van der Waals surface area contributed by atoms with E-state index in [1.807, 2.05) is 18.2 Å². The van der Waals surface area contributed by atoms with Crippen LogP contribution in [0.25, 0.3) is 88.0 Å². The Morgan fingerprint density at radius 1 is 0.377 bits per heavy atom. The van der Waals surface area contributed by atoms with Crippen molar-refractivity contribution in [2.45, 2.75) is 38.0 Å². The molecule has 0 N–H and O–H groups in total. The van der Waals surface area contributed by atoms with Gasteiger partial charge in [-0.25, -0.2) is 0 Å². The van der Waals surface area contributed by atoms with Gasteiger partial charge in [-0.3, -0.25) is 0 Å². The van der Waals surface area contributed by atoms with Crippen LogP contribution in [0.1, 0.15) is 43.6 Å². The van der Waals surface area contributed by atoms with E-state index in [2.05, 4.69) is 181 Å². The summed E-state index contributed by atoms with van der Waals surface area (Å²) in [5.74, 6) is 0.570. The van der Waals surface area contributed by atoms with Crippen molar-refractivity contribution in [3.8, 4) is 33.4 Å². The molecule has 0 unspecified atom stereocenters. The van der Waals surface area contributed by atoms with Gasteiger partial charge in [0.2, 0.25) is 0 Å². The molecule has 0 bridgehead atoms. The molecule has 61 heavy (non-hydrogen) atoms. The fraction of sp³-hybridized carbons (Fsp3) is 0.103. The van der Waals surface area contributed by atoms with Gasteiger partial charge in [0.25, 0.3) is 0 Å². The molecule has 11 aromatic rings. The van der Waals surface area contributed by atoms with Crippen LogP contribution in [0.2, 0.25) is 0 Å².